The van der Waals surface area contributed by atoms with Crippen LogP contribution in [0.15, 0.2) is 12.4 Å². The van der Waals surface area contributed by atoms with Gasteiger partial charge in [0.25, 0.3) is 0 Å². The van der Waals surface area contributed by atoms with Crippen LogP contribution in [0.3, 0.4) is 0 Å². The standard InChI is InChI=1S/C19H32N4O2/c1-21-13-16(12-20-21)14-23(10-11-24)19(25)17-6-5-9-22(15-17)18-7-3-2-4-8-18/h12-13,17-18,24H,2-11,14-15H2,1H3/t17-/m0/s1. The van der Waals surface area contributed by atoms with Gasteiger partial charge in [0.2, 0.25) is 5.91 Å². The number of carbonyl (C=O) groups excluding carboxylic acids is 1. The minimum Gasteiger partial charge on any atom is -0.395 e. The molecular formula is C19H32N4O2. The molecule has 2 heterocycles. The Morgan fingerprint density at radius 3 is 2.76 bits per heavy atom. The number of nitrogens with zero attached hydrogens (tertiary/aromatic N) is 4. The Kier molecular flexibility index (Phi) is 6.48. The molecular weight excluding hydrogens is 316 g/mol. The average molecular weight is 348 g/mol. The van der Waals surface area contributed by atoms with Gasteiger partial charge in [-0.25, -0.2) is 0 Å². The summed E-state index contributed by atoms with van der Waals surface area (Å²) < 4.78 is 1.75. The summed E-state index contributed by atoms with van der Waals surface area (Å²) in [6.45, 7) is 2.96. The minimum absolute atomic E-state index is 0.00502. The van der Waals surface area contributed by atoms with Gasteiger partial charge in [0.05, 0.1) is 18.7 Å². The van der Waals surface area contributed by atoms with Crippen molar-refractivity contribution in [3.8, 4) is 0 Å². The van der Waals surface area contributed by atoms with E-state index in [0.29, 0.717) is 19.1 Å². The minimum atomic E-state index is 0.00502. The number of aliphatic hydroxyl groups excluding tert-OH is 1. The first-order valence-corrected chi connectivity index (χ1v) is 9.78. The van der Waals surface area contributed by atoms with Gasteiger partial charge < -0.3 is 10.0 Å². The van der Waals surface area contributed by atoms with Crippen LogP contribution in [0.2, 0.25) is 0 Å². The SMILES string of the molecule is Cn1cc(CN(CCO)C(=O)[C@H]2CCCN(C3CCCCC3)C2)cn1. The number of aromatic nitrogens is 2. The van der Waals surface area contributed by atoms with Crippen molar-refractivity contribution in [1.82, 2.24) is 19.6 Å². The molecule has 0 unspecified atom stereocenters. The highest BCUT2D eigenvalue weighted by Crippen LogP contribution is 2.28. The maximum atomic E-state index is 13.1. The number of aliphatic hydroxyl groups is 1. The molecule has 3 rings (SSSR count). The molecule has 1 saturated heterocycles. The average Bonchev–Trinajstić information content (AvgIpc) is 3.06. The molecule has 0 bridgehead atoms. The van der Waals surface area contributed by atoms with Crippen LogP contribution in [0, 0.1) is 5.92 Å². The van der Waals surface area contributed by atoms with Crippen molar-refractivity contribution in [2.75, 3.05) is 26.2 Å². The number of aryl methyl sites for hydroxylation is 1. The second kappa shape index (κ2) is 8.81. The molecule has 1 aliphatic heterocycles. The maximum absolute atomic E-state index is 13.1. The fourth-order valence-corrected chi connectivity index (χ4v) is 4.41. The van der Waals surface area contributed by atoms with Crippen molar-refractivity contribution >= 4 is 5.91 Å². The van der Waals surface area contributed by atoms with Crippen LogP contribution in [-0.4, -0.2) is 62.9 Å². The number of hydrogen-bond donors (Lipinski definition) is 1. The molecule has 1 N–H and O–H groups in total. The topological polar surface area (TPSA) is 61.6 Å². The maximum Gasteiger partial charge on any atom is 0.227 e. The van der Waals surface area contributed by atoms with E-state index in [-0.39, 0.29) is 18.4 Å². The Hall–Kier alpha value is -1.40. The van der Waals surface area contributed by atoms with Crippen LogP contribution >= 0.6 is 0 Å². The zero-order valence-corrected chi connectivity index (χ0v) is 15.4. The monoisotopic (exact) mass is 348 g/mol. The van der Waals surface area contributed by atoms with Crippen LogP contribution in [0.25, 0.3) is 0 Å². The number of rotatable bonds is 6. The Balaban J connectivity index is 1.61. The van der Waals surface area contributed by atoms with Crippen molar-refractivity contribution in [1.29, 1.82) is 0 Å². The fraction of sp³-hybridized carbons (Fsp3) is 0.789. The lowest BCUT2D eigenvalue weighted by molar-refractivity contribution is -0.139. The fourth-order valence-electron chi connectivity index (χ4n) is 4.41. The van der Waals surface area contributed by atoms with Gasteiger partial charge in [0.1, 0.15) is 0 Å². The van der Waals surface area contributed by atoms with Crippen LogP contribution < -0.4 is 0 Å². The molecule has 2 fully saturated rings. The smallest absolute Gasteiger partial charge is 0.227 e. The Morgan fingerprint density at radius 1 is 1.28 bits per heavy atom. The number of piperidine rings is 1. The van der Waals surface area contributed by atoms with Gasteiger partial charge in [-0.3, -0.25) is 14.4 Å². The van der Waals surface area contributed by atoms with Crippen molar-refractivity contribution < 1.29 is 9.90 Å². The number of hydrogen-bond acceptors (Lipinski definition) is 4. The summed E-state index contributed by atoms with van der Waals surface area (Å²) in [5.74, 6) is 0.261. The molecule has 1 aromatic rings. The van der Waals surface area contributed by atoms with E-state index < -0.39 is 0 Å². The van der Waals surface area contributed by atoms with E-state index in [1.54, 1.807) is 10.9 Å². The molecule has 6 nitrogen and oxygen atoms in total. The molecule has 1 amide bonds. The van der Waals surface area contributed by atoms with Gasteiger partial charge in [-0.15, -0.1) is 0 Å². The van der Waals surface area contributed by atoms with Gasteiger partial charge >= 0.3 is 0 Å². The van der Waals surface area contributed by atoms with Crippen molar-refractivity contribution in [2.45, 2.75) is 57.5 Å². The first-order valence-electron chi connectivity index (χ1n) is 9.78. The third kappa shape index (κ3) is 4.82. The van der Waals surface area contributed by atoms with E-state index in [2.05, 4.69) is 10.00 Å². The summed E-state index contributed by atoms with van der Waals surface area (Å²) in [4.78, 5) is 17.5. The van der Waals surface area contributed by atoms with Gasteiger partial charge in [-0.05, 0) is 32.2 Å². The number of carbonyl (C=O) groups is 1. The Morgan fingerprint density at radius 2 is 2.08 bits per heavy atom. The highest BCUT2D eigenvalue weighted by molar-refractivity contribution is 5.79. The van der Waals surface area contributed by atoms with E-state index >= 15 is 0 Å². The van der Waals surface area contributed by atoms with Gasteiger partial charge in [0, 0.05) is 44.5 Å². The highest BCUT2D eigenvalue weighted by atomic mass is 16.3. The molecule has 1 saturated carbocycles. The predicted octanol–water partition coefficient (Wildman–Crippen LogP) is 1.79. The first kappa shape index (κ1) is 18.4. The molecule has 2 aliphatic rings. The summed E-state index contributed by atoms with van der Waals surface area (Å²) in [7, 11) is 1.88. The van der Waals surface area contributed by atoms with Gasteiger partial charge in [-0.1, -0.05) is 19.3 Å². The highest BCUT2D eigenvalue weighted by Gasteiger charge is 2.32. The zero-order valence-electron chi connectivity index (χ0n) is 15.4. The molecule has 0 radical (unpaired) electrons. The second-order valence-corrected chi connectivity index (χ2v) is 7.63. The van der Waals surface area contributed by atoms with E-state index in [1.807, 2.05) is 18.1 Å². The lowest BCUT2D eigenvalue weighted by Crippen LogP contribution is -2.48. The summed E-state index contributed by atoms with van der Waals surface area (Å²) in [5, 5.41) is 13.6. The summed E-state index contributed by atoms with van der Waals surface area (Å²) in [6.07, 6.45) is 12.4. The van der Waals surface area contributed by atoms with E-state index in [4.69, 9.17) is 0 Å². The van der Waals surface area contributed by atoms with Crippen LogP contribution in [0.1, 0.15) is 50.5 Å². The van der Waals surface area contributed by atoms with Gasteiger partial charge in [0.15, 0.2) is 0 Å². The summed E-state index contributed by atoms with van der Waals surface area (Å²) >= 11 is 0. The third-order valence-electron chi connectivity index (χ3n) is 5.71. The van der Waals surface area contributed by atoms with E-state index in [1.165, 1.54) is 32.1 Å². The van der Waals surface area contributed by atoms with E-state index in [9.17, 15) is 9.90 Å². The summed E-state index contributed by atoms with van der Waals surface area (Å²) in [6, 6.07) is 0.675. The molecule has 25 heavy (non-hydrogen) atoms. The van der Waals surface area contributed by atoms with Crippen LogP contribution in [0.5, 0.6) is 0 Å². The summed E-state index contributed by atoms with van der Waals surface area (Å²) in [5.41, 5.74) is 1.02. The van der Waals surface area contributed by atoms with Crippen molar-refractivity contribution in [2.24, 2.45) is 13.0 Å². The first-order chi connectivity index (χ1) is 12.2. The number of likely N-dealkylation sites (tertiary alicyclic amines) is 1. The predicted molar refractivity (Wildman–Crippen MR) is 96.9 cm³/mol. The molecule has 1 atom stereocenters. The zero-order chi connectivity index (χ0) is 17.6. The van der Waals surface area contributed by atoms with Crippen LogP contribution in [0.4, 0.5) is 0 Å². The largest absolute Gasteiger partial charge is 0.395 e. The molecule has 6 heteroatoms. The van der Waals surface area contributed by atoms with Crippen molar-refractivity contribution in [3.05, 3.63) is 18.0 Å². The third-order valence-corrected chi connectivity index (χ3v) is 5.71. The van der Waals surface area contributed by atoms with Gasteiger partial charge in [-0.2, -0.15) is 5.10 Å². The molecule has 0 spiro atoms. The molecule has 0 aromatic carbocycles. The van der Waals surface area contributed by atoms with E-state index in [0.717, 1.165) is 31.5 Å². The lowest BCUT2D eigenvalue weighted by Gasteiger charge is -2.40. The Bertz CT molecular complexity index is 553. The second-order valence-electron chi connectivity index (χ2n) is 7.63. The quantitative estimate of drug-likeness (QED) is 0.851. The van der Waals surface area contributed by atoms with Crippen LogP contribution in [-0.2, 0) is 18.4 Å². The normalized spacial score (nSPS) is 22.9. The lowest BCUT2D eigenvalue weighted by atomic mass is 9.89. The van der Waals surface area contributed by atoms with Crippen molar-refractivity contribution in [3.63, 3.8) is 0 Å². The number of amides is 1. The molecule has 1 aliphatic carbocycles. The Labute approximate surface area is 150 Å². The molecule has 1 aromatic heterocycles. The molecule has 140 valence electrons.